The first-order chi connectivity index (χ1) is 16.5. The molecule has 1 atom stereocenters. The van der Waals surface area contributed by atoms with Crippen molar-refractivity contribution in [3.63, 3.8) is 0 Å². The molecule has 0 aliphatic carbocycles. The monoisotopic (exact) mass is 477 g/mol. The second-order valence-corrected chi connectivity index (χ2v) is 9.65. The number of esters is 1. The Morgan fingerprint density at radius 3 is 2.11 bits per heavy atom. The Labute approximate surface area is 205 Å². The third kappa shape index (κ3) is 6.35. The minimum absolute atomic E-state index is 0.0178. The first-order valence-electron chi connectivity index (χ1n) is 11.4. The van der Waals surface area contributed by atoms with Gasteiger partial charge in [0.15, 0.2) is 0 Å². The zero-order valence-electron chi connectivity index (χ0n) is 20.8. The number of hydrogen-bond acceptors (Lipinski definition) is 6. The van der Waals surface area contributed by atoms with E-state index in [-0.39, 0.29) is 23.0 Å². The summed E-state index contributed by atoms with van der Waals surface area (Å²) >= 11 is 0. The third-order valence-electron chi connectivity index (χ3n) is 5.59. The number of nitrogens with one attached hydrogen (secondary N) is 2. The van der Waals surface area contributed by atoms with Gasteiger partial charge in [-0.25, -0.2) is 4.79 Å². The van der Waals surface area contributed by atoms with Crippen molar-refractivity contribution in [3.05, 3.63) is 71.5 Å². The van der Waals surface area contributed by atoms with Crippen LogP contribution in [0.3, 0.4) is 0 Å². The summed E-state index contributed by atoms with van der Waals surface area (Å²) in [6.07, 6.45) is 0. The number of benzene rings is 2. The van der Waals surface area contributed by atoms with Gasteiger partial charge in [-0.1, -0.05) is 64.0 Å². The molecular formula is C27H31N3O5. The lowest BCUT2D eigenvalue weighted by Crippen LogP contribution is -2.44. The second kappa shape index (κ2) is 10.5. The molecule has 0 bridgehead atoms. The number of carbonyl (C=O) groups is 3. The minimum Gasteiger partial charge on any atom is -0.467 e. The van der Waals surface area contributed by atoms with Crippen LogP contribution in [0.1, 0.15) is 61.1 Å². The van der Waals surface area contributed by atoms with Crippen molar-refractivity contribution in [1.29, 1.82) is 0 Å². The molecule has 0 aliphatic heterocycles. The van der Waals surface area contributed by atoms with Gasteiger partial charge in [0.25, 0.3) is 11.8 Å². The molecule has 35 heavy (non-hydrogen) atoms. The summed E-state index contributed by atoms with van der Waals surface area (Å²) in [6, 6.07) is 15.3. The molecule has 8 nitrogen and oxygen atoms in total. The van der Waals surface area contributed by atoms with E-state index in [9.17, 15) is 14.4 Å². The van der Waals surface area contributed by atoms with E-state index in [1.165, 1.54) is 13.2 Å². The van der Waals surface area contributed by atoms with Crippen LogP contribution < -0.4 is 10.6 Å². The molecule has 1 aromatic heterocycles. The number of anilines is 1. The molecule has 0 saturated carbocycles. The molecule has 0 radical (unpaired) electrons. The van der Waals surface area contributed by atoms with Crippen LogP contribution in [0.15, 0.2) is 59.1 Å². The highest BCUT2D eigenvalue weighted by Crippen LogP contribution is 2.24. The van der Waals surface area contributed by atoms with E-state index in [4.69, 9.17) is 9.26 Å². The maximum atomic E-state index is 12.6. The van der Waals surface area contributed by atoms with Crippen LogP contribution in [0.25, 0.3) is 11.3 Å². The largest absolute Gasteiger partial charge is 0.467 e. The molecule has 0 aliphatic rings. The molecular weight excluding hydrogens is 446 g/mol. The smallest absolute Gasteiger partial charge is 0.328 e. The summed E-state index contributed by atoms with van der Waals surface area (Å²) in [5.74, 6) is -1.48. The molecule has 2 aromatic carbocycles. The Balaban J connectivity index is 1.66. The second-order valence-electron chi connectivity index (χ2n) is 9.65. The fourth-order valence-electron chi connectivity index (χ4n) is 3.40. The van der Waals surface area contributed by atoms with Gasteiger partial charge in [0.05, 0.1) is 7.11 Å². The number of amides is 2. The number of hydrogen-bond donors (Lipinski definition) is 2. The fourth-order valence-corrected chi connectivity index (χ4v) is 3.40. The minimum atomic E-state index is -0.798. The highest BCUT2D eigenvalue weighted by Gasteiger charge is 2.27. The lowest BCUT2D eigenvalue weighted by atomic mass is 9.87. The Morgan fingerprint density at radius 2 is 1.57 bits per heavy atom. The van der Waals surface area contributed by atoms with Gasteiger partial charge in [0, 0.05) is 22.9 Å². The van der Waals surface area contributed by atoms with Crippen LogP contribution in [0.4, 0.5) is 5.69 Å². The topological polar surface area (TPSA) is 111 Å². The lowest BCUT2D eigenvalue weighted by molar-refractivity contribution is -0.144. The molecule has 1 unspecified atom stereocenters. The standard InChI is InChI=1S/C27H31N3O5/c1-16(2)23(26(33)34-6)29-25(32)22-15-21(30-35-22)17-9-13-20(14-10-17)28-24(31)18-7-11-19(12-8-18)27(3,4)5/h7-16,23H,1-6H3,(H,28,31)(H,29,32). The van der Waals surface area contributed by atoms with Crippen molar-refractivity contribution in [2.45, 2.75) is 46.1 Å². The summed E-state index contributed by atoms with van der Waals surface area (Å²) < 4.78 is 9.92. The van der Waals surface area contributed by atoms with Gasteiger partial charge < -0.3 is 19.9 Å². The first-order valence-corrected chi connectivity index (χ1v) is 11.4. The number of rotatable bonds is 7. The van der Waals surface area contributed by atoms with Crippen molar-refractivity contribution in [2.75, 3.05) is 12.4 Å². The molecule has 184 valence electrons. The highest BCUT2D eigenvalue weighted by molar-refractivity contribution is 6.04. The number of aromatic nitrogens is 1. The van der Waals surface area contributed by atoms with Crippen molar-refractivity contribution in [2.24, 2.45) is 5.92 Å². The highest BCUT2D eigenvalue weighted by atomic mass is 16.5. The van der Waals surface area contributed by atoms with Crippen LogP contribution in [-0.4, -0.2) is 36.1 Å². The van der Waals surface area contributed by atoms with Crippen LogP contribution in [-0.2, 0) is 14.9 Å². The van der Waals surface area contributed by atoms with Gasteiger partial charge in [0.1, 0.15) is 11.7 Å². The Bertz CT molecular complexity index is 1190. The molecule has 3 rings (SSSR count). The molecule has 1 heterocycles. The van der Waals surface area contributed by atoms with Gasteiger partial charge in [-0.3, -0.25) is 9.59 Å². The normalized spacial score (nSPS) is 12.2. The predicted octanol–water partition coefficient (Wildman–Crippen LogP) is 4.82. The molecule has 0 saturated heterocycles. The van der Waals surface area contributed by atoms with Crippen LogP contribution >= 0.6 is 0 Å². The number of nitrogens with zero attached hydrogens (tertiary/aromatic N) is 1. The Kier molecular flexibility index (Phi) is 7.74. The van der Waals surface area contributed by atoms with Gasteiger partial charge in [-0.15, -0.1) is 0 Å². The van der Waals surface area contributed by atoms with Gasteiger partial charge in [0.2, 0.25) is 5.76 Å². The maximum Gasteiger partial charge on any atom is 0.328 e. The van der Waals surface area contributed by atoms with E-state index in [2.05, 4.69) is 36.6 Å². The van der Waals surface area contributed by atoms with Crippen molar-refractivity contribution in [3.8, 4) is 11.3 Å². The Hall–Kier alpha value is -3.94. The van der Waals surface area contributed by atoms with Crippen molar-refractivity contribution >= 4 is 23.5 Å². The molecule has 2 N–H and O–H groups in total. The summed E-state index contributed by atoms with van der Waals surface area (Å²) in [5, 5.41) is 9.44. The number of methoxy groups -OCH3 is 1. The van der Waals surface area contributed by atoms with Crippen LogP contribution in [0, 0.1) is 5.92 Å². The average molecular weight is 478 g/mol. The van der Waals surface area contributed by atoms with E-state index in [1.807, 2.05) is 24.3 Å². The quantitative estimate of drug-likeness (QED) is 0.472. The van der Waals surface area contributed by atoms with Crippen LogP contribution in [0.5, 0.6) is 0 Å². The molecule has 3 aromatic rings. The van der Waals surface area contributed by atoms with Crippen LogP contribution in [0.2, 0.25) is 0 Å². The first kappa shape index (κ1) is 25.7. The Morgan fingerprint density at radius 1 is 0.943 bits per heavy atom. The van der Waals surface area contributed by atoms with Gasteiger partial charge >= 0.3 is 5.97 Å². The van der Waals surface area contributed by atoms with E-state index in [0.29, 0.717) is 22.5 Å². The van der Waals surface area contributed by atoms with Gasteiger partial charge in [-0.2, -0.15) is 0 Å². The maximum absolute atomic E-state index is 12.6. The van der Waals surface area contributed by atoms with E-state index >= 15 is 0 Å². The zero-order valence-corrected chi connectivity index (χ0v) is 20.8. The van der Waals surface area contributed by atoms with Gasteiger partial charge in [-0.05, 0) is 41.2 Å². The molecule has 8 heteroatoms. The molecule has 0 fully saturated rings. The van der Waals surface area contributed by atoms with Crippen molar-refractivity contribution < 1.29 is 23.6 Å². The van der Waals surface area contributed by atoms with E-state index in [1.54, 1.807) is 38.1 Å². The van der Waals surface area contributed by atoms with E-state index in [0.717, 1.165) is 5.56 Å². The summed E-state index contributed by atoms with van der Waals surface area (Å²) in [7, 11) is 1.27. The third-order valence-corrected chi connectivity index (χ3v) is 5.59. The summed E-state index contributed by atoms with van der Waals surface area (Å²) in [5.41, 5.74) is 3.52. The molecule has 0 spiro atoms. The fraction of sp³-hybridized carbons (Fsp3) is 0.333. The average Bonchev–Trinajstić information content (AvgIpc) is 3.32. The summed E-state index contributed by atoms with van der Waals surface area (Å²) in [6.45, 7) is 9.97. The summed E-state index contributed by atoms with van der Waals surface area (Å²) in [4.78, 5) is 37.0. The predicted molar refractivity (Wildman–Crippen MR) is 133 cm³/mol. The number of ether oxygens (including phenoxy) is 1. The SMILES string of the molecule is COC(=O)C(NC(=O)c1cc(-c2ccc(NC(=O)c3ccc(C(C)(C)C)cc3)cc2)no1)C(C)C. The van der Waals surface area contributed by atoms with Crippen molar-refractivity contribution in [1.82, 2.24) is 10.5 Å². The molecule has 2 amide bonds. The van der Waals surface area contributed by atoms with E-state index < -0.39 is 17.9 Å². The number of carbonyl (C=O) groups excluding carboxylic acids is 3. The lowest BCUT2D eigenvalue weighted by Gasteiger charge is -2.19. The zero-order chi connectivity index (χ0) is 25.8.